The van der Waals surface area contributed by atoms with Crippen LogP contribution in [0.15, 0.2) is 24.5 Å². The number of aromatic amines is 2. The van der Waals surface area contributed by atoms with Gasteiger partial charge in [0.1, 0.15) is 5.82 Å². The maximum Gasteiger partial charge on any atom is 0.231 e. The topological polar surface area (TPSA) is 86.5 Å². The van der Waals surface area contributed by atoms with Gasteiger partial charge in [-0.1, -0.05) is 0 Å². The Hall–Kier alpha value is -2.11. The monoisotopic (exact) mass is 191 g/mol. The predicted octanol–water partition coefficient (Wildman–Crippen LogP) is 0.314. The molecular formula is C8H9N5O. The van der Waals surface area contributed by atoms with E-state index in [1.807, 2.05) is 0 Å². The maximum atomic E-state index is 11.4. The van der Waals surface area contributed by atoms with Crippen LogP contribution in [0.1, 0.15) is 5.69 Å². The molecule has 0 unspecified atom stereocenters. The summed E-state index contributed by atoms with van der Waals surface area (Å²) in [6.45, 7) is 0. The van der Waals surface area contributed by atoms with E-state index < -0.39 is 0 Å². The van der Waals surface area contributed by atoms with Crippen LogP contribution < -0.4 is 5.32 Å². The van der Waals surface area contributed by atoms with E-state index in [0.717, 1.165) is 5.69 Å². The maximum absolute atomic E-state index is 11.4. The molecule has 72 valence electrons. The number of rotatable bonds is 3. The third-order valence-electron chi connectivity index (χ3n) is 1.68. The molecule has 0 aliphatic heterocycles. The van der Waals surface area contributed by atoms with Crippen molar-refractivity contribution in [3.63, 3.8) is 0 Å². The summed E-state index contributed by atoms with van der Waals surface area (Å²) in [6.07, 6.45) is 3.46. The lowest BCUT2D eigenvalue weighted by Crippen LogP contribution is -2.14. The Labute approximate surface area is 79.7 Å². The van der Waals surface area contributed by atoms with Crippen LogP contribution in [0.4, 0.5) is 5.82 Å². The molecule has 1 amide bonds. The van der Waals surface area contributed by atoms with Crippen molar-refractivity contribution >= 4 is 11.7 Å². The number of nitrogens with one attached hydrogen (secondary N) is 3. The largest absolute Gasteiger partial charge is 0.311 e. The Morgan fingerprint density at radius 1 is 1.29 bits per heavy atom. The van der Waals surface area contributed by atoms with Gasteiger partial charge >= 0.3 is 0 Å². The van der Waals surface area contributed by atoms with E-state index in [2.05, 4.69) is 25.7 Å². The van der Waals surface area contributed by atoms with Gasteiger partial charge in [0, 0.05) is 18.0 Å². The van der Waals surface area contributed by atoms with Crippen LogP contribution in [0.5, 0.6) is 0 Å². The van der Waals surface area contributed by atoms with E-state index in [9.17, 15) is 4.79 Å². The van der Waals surface area contributed by atoms with Crippen LogP contribution in [0.3, 0.4) is 0 Å². The van der Waals surface area contributed by atoms with Gasteiger partial charge in [0.05, 0.1) is 12.6 Å². The van der Waals surface area contributed by atoms with E-state index in [1.54, 1.807) is 24.5 Å². The lowest BCUT2D eigenvalue weighted by molar-refractivity contribution is -0.115. The first-order valence-electron chi connectivity index (χ1n) is 4.12. The number of aromatic nitrogens is 4. The first kappa shape index (κ1) is 8.49. The second kappa shape index (κ2) is 3.73. The summed E-state index contributed by atoms with van der Waals surface area (Å²) in [7, 11) is 0. The molecule has 0 aromatic carbocycles. The van der Waals surface area contributed by atoms with Crippen molar-refractivity contribution in [2.75, 3.05) is 5.32 Å². The SMILES string of the molecule is O=C(Cc1ccn[nH]1)Nc1ccn[nH]1. The van der Waals surface area contributed by atoms with E-state index in [0.29, 0.717) is 5.82 Å². The number of amides is 1. The lowest BCUT2D eigenvalue weighted by Gasteiger charge is -1.99. The average Bonchev–Trinajstić information content (AvgIpc) is 2.76. The van der Waals surface area contributed by atoms with Gasteiger partial charge < -0.3 is 5.32 Å². The molecule has 2 rings (SSSR count). The van der Waals surface area contributed by atoms with Crippen LogP contribution in [0.25, 0.3) is 0 Å². The predicted molar refractivity (Wildman–Crippen MR) is 49.5 cm³/mol. The van der Waals surface area contributed by atoms with Gasteiger partial charge in [-0.05, 0) is 6.07 Å². The Morgan fingerprint density at radius 3 is 2.71 bits per heavy atom. The molecule has 2 aromatic rings. The zero-order valence-corrected chi connectivity index (χ0v) is 7.32. The Morgan fingerprint density at radius 2 is 2.07 bits per heavy atom. The van der Waals surface area contributed by atoms with Gasteiger partial charge in [0.2, 0.25) is 5.91 Å². The molecular weight excluding hydrogens is 182 g/mol. The Kier molecular flexibility index (Phi) is 2.26. The molecule has 6 nitrogen and oxygen atoms in total. The van der Waals surface area contributed by atoms with Gasteiger partial charge in [-0.3, -0.25) is 15.0 Å². The van der Waals surface area contributed by atoms with E-state index in [1.165, 1.54) is 0 Å². The summed E-state index contributed by atoms with van der Waals surface area (Å²) >= 11 is 0. The van der Waals surface area contributed by atoms with Crippen molar-refractivity contribution in [3.8, 4) is 0 Å². The Bertz CT molecular complexity index is 353. The molecule has 0 aliphatic carbocycles. The summed E-state index contributed by atoms with van der Waals surface area (Å²) in [5.41, 5.74) is 0.780. The van der Waals surface area contributed by atoms with Crippen LogP contribution in [-0.4, -0.2) is 26.3 Å². The number of hydrogen-bond acceptors (Lipinski definition) is 3. The molecule has 0 radical (unpaired) electrons. The average molecular weight is 191 g/mol. The quantitative estimate of drug-likeness (QED) is 0.652. The number of nitrogens with zero attached hydrogens (tertiary/aromatic N) is 2. The van der Waals surface area contributed by atoms with Gasteiger partial charge in [-0.25, -0.2) is 0 Å². The molecule has 0 atom stereocenters. The van der Waals surface area contributed by atoms with Crippen LogP contribution in [0.2, 0.25) is 0 Å². The fraction of sp³-hybridized carbons (Fsp3) is 0.125. The molecule has 0 bridgehead atoms. The molecule has 6 heteroatoms. The zero-order valence-electron chi connectivity index (χ0n) is 7.32. The van der Waals surface area contributed by atoms with E-state index >= 15 is 0 Å². The van der Waals surface area contributed by atoms with Crippen molar-refractivity contribution in [1.82, 2.24) is 20.4 Å². The fourth-order valence-electron chi connectivity index (χ4n) is 1.08. The third kappa shape index (κ3) is 1.98. The van der Waals surface area contributed by atoms with Crippen molar-refractivity contribution < 1.29 is 4.79 Å². The number of anilines is 1. The van der Waals surface area contributed by atoms with Crippen molar-refractivity contribution in [2.24, 2.45) is 0 Å². The summed E-state index contributed by atoms with van der Waals surface area (Å²) < 4.78 is 0. The number of H-pyrrole nitrogens is 2. The van der Waals surface area contributed by atoms with Gasteiger partial charge in [0.25, 0.3) is 0 Å². The number of hydrogen-bond donors (Lipinski definition) is 3. The van der Waals surface area contributed by atoms with Gasteiger partial charge in [-0.15, -0.1) is 0 Å². The summed E-state index contributed by atoms with van der Waals surface area (Å²) in [5.74, 6) is 0.480. The number of carbonyl (C=O) groups excluding carboxylic acids is 1. The highest BCUT2D eigenvalue weighted by atomic mass is 16.1. The molecule has 0 saturated carbocycles. The smallest absolute Gasteiger partial charge is 0.231 e. The molecule has 14 heavy (non-hydrogen) atoms. The van der Waals surface area contributed by atoms with Crippen molar-refractivity contribution in [3.05, 3.63) is 30.2 Å². The number of carbonyl (C=O) groups is 1. The van der Waals surface area contributed by atoms with Crippen molar-refractivity contribution in [2.45, 2.75) is 6.42 Å². The minimum atomic E-state index is -0.112. The molecule has 0 spiro atoms. The highest BCUT2D eigenvalue weighted by Gasteiger charge is 2.04. The molecule has 0 fully saturated rings. The van der Waals surface area contributed by atoms with E-state index in [-0.39, 0.29) is 12.3 Å². The first-order chi connectivity index (χ1) is 6.84. The fourth-order valence-corrected chi connectivity index (χ4v) is 1.08. The minimum Gasteiger partial charge on any atom is -0.311 e. The second-order valence-corrected chi connectivity index (χ2v) is 2.78. The zero-order chi connectivity index (χ0) is 9.80. The summed E-state index contributed by atoms with van der Waals surface area (Å²) in [5, 5.41) is 15.5. The van der Waals surface area contributed by atoms with Gasteiger partial charge in [-0.2, -0.15) is 10.2 Å². The van der Waals surface area contributed by atoms with Crippen molar-refractivity contribution in [1.29, 1.82) is 0 Å². The Balaban J connectivity index is 1.91. The summed E-state index contributed by atoms with van der Waals surface area (Å²) in [4.78, 5) is 11.4. The molecule has 0 aliphatic rings. The van der Waals surface area contributed by atoms with Crippen LogP contribution in [0, 0.1) is 0 Å². The third-order valence-corrected chi connectivity index (χ3v) is 1.68. The minimum absolute atomic E-state index is 0.112. The highest BCUT2D eigenvalue weighted by Crippen LogP contribution is 2.00. The van der Waals surface area contributed by atoms with E-state index in [4.69, 9.17) is 0 Å². The van der Waals surface area contributed by atoms with Crippen LogP contribution in [-0.2, 0) is 11.2 Å². The first-order valence-corrected chi connectivity index (χ1v) is 4.12. The highest BCUT2D eigenvalue weighted by molar-refractivity contribution is 5.90. The molecule has 2 heterocycles. The molecule has 3 N–H and O–H groups in total. The standard InChI is InChI=1S/C8H9N5O/c14-8(5-6-1-3-9-12-6)11-7-2-4-10-13-7/h1-4H,5H2,(H,9,12)(H2,10,11,13,14). The molecule has 2 aromatic heterocycles. The normalized spacial score (nSPS) is 10.0. The lowest BCUT2D eigenvalue weighted by atomic mass is 10.3. The molecule has 0 saturated heterocycles. The summed E-state index contributed by atoms with van der Waals surface area (Å²) in [6, 6.07) is 3.44. The van der Waals surface area contributed by atoms with Crippen LogP contribution >= 0.6 is 0 Å². The van der Waals surface area contributed by atoms with Gasteiger partial charge in [0.15, 0.2) is 0 Å². The second-order valence-electron chi connectivity index (χ2n) is 2.78.